The third kappa shape index (κ3) is 5.98. The van der Waals surface area contributed by atoms with Crippen molar-refractivity contribution in [2.75, 3.05) is 4.90 Å². The Bertz CT molecular complexity index is 923. The number of carboxylic acids is 1. The highest BCUT2D eigenvalue weighted by atomic mass is 32.1. The van der Waals surface area contributed by atoms with Gasteiger partial charge in [0.05, 0.1) is 16.4 Å². The van der Waals surface area contributed by atoms with Crippen molar-refractivity contribution in [3.8, 4) is 11.8 Å². The normalized spacial score (nSPS) is 24.0. The van der Waals surface area contributed by atoms with Crippen LogP contribution < -0.4 is 4.90 Å². The first-order valence-electron chi connectivity index (χ1n) is 11.1. The zero-order valence-electron chi connectivity index (χ0n) is 18.8. The first-order valence-corrected chi connectivity index (χ1v) is 11.9. The average molecular weight is 446 g/mol. The van der Waals surface area contributed by atoms with Crippen molar-refractivity contribution in [2.45, 2.75) is 78.7 Å². The SMILES string of the molecule is CC1CCC(C(=O)N(c2cc(C#CC(C)(C)C)sc2C(=O)O)C2CC=C(F)CC2)CC1. The van der Waals surface area contributed by atoms with E-state index in [1.807, 2.05) is 20.8 Å². The van der Waals surface area contributed by atoms with Gasteiger partial charge in [0.15, 0.2) is 0 Å². The molecule has 6 heteroatoms. The van der Waals surface area contributed by atoms with Crippen molar-refractivity contribution < 1.29 is 19.1 Å². The Morgan fingerprint density at radius 3 is 2.42 bits per heavy atom. The van der Waals surface area contributed by atoms with E-state index in [9.17, 15) is 19.1 Å². The molecule has 0 aliphatic heterocycles. The number of thiophene rings is 1. The standard InChI is InChI=1S/C25H32FNO3S/c1-16-5-7-17(8-6-16)23(28)27(19-11-9-18(26)10-12-19)21-15-20(13-14-25(2,3)4)31-22(21)24(29)30/h9,15-17,19H,5-8,10-12H2,1-4H3,(H,29,30). The van der Waals surface area contributed by atoms with Gasteiger partial charge in [-0.15, -0.1) is 11.3 Å². The second-order valence-corrected chi connectivity index (χ2v) is 10.9. The predicted molar refractivity (Wildman–Crippen MR) is 123 cm³/mol. The monoisotopic (exact) mass is 445 g/mol. The Balaban J connectivity index is 2.01. The molecule has 1 heterocycles. The van der Waals surface area contributed by atoms with E-state index in [1.54, 1.807) is 11.0 Å². The molecule has 31 heavy (non-hydrogen) atoms. The molecule has 2 aliphatic carbocycles. The lowest BCUT2D eigenvalue weighted by Gasteiger charge is -2.37. The molecule has 1 N–H and O–H groups in total. The molecule has 1 atom stereocenters. The number of rotatable bonds is 4. The number of carbonyl (C=O) groups is 2. The molecule has 1 saturated carbocycles. The maximum atomic E-state index is 13.7. The molecule has 1 amide bonds. The van der Waals surface area contributed by atoms with E-state index >= 15 is 0 Å². The zero-order valence-corrected chi connectivity index (χ0v) is 19.7. The van der Waals surface area contributed by atoms with Crippen molar-refractivity contribution in [1.82, 2.24) is 0 Å². The van der Waals surface area contributed by atoms with Gasteiger partial charge in [-0.05, 0) is 71.3 Å². The van der Waals surface area contributed by atoms with Crippen molar-refractivity contribution in [3.05, 3.63) is 27.7 Å². The average Bonchev–Trinajstić information content (AvgIpc) is 3.12. The first kappa shape index (κ1) is 23.5. The number of anilines is 1. The van der Waals surface area contributed by atoms with Crippen molar-refractivity contribution in [1.29, 1.82) is 0 Å². The minimum atomic E-state index is -1.06. The van der Waals surface area contributed by atoms with Crippen LogP contribution in [0.5, 0.6) is 0 Å². The van der Waals surface area contributed by atoms with Crippen molar-refractivity contribution in [2.24, 2.45) is 17.3 Å². The van der Waals surface area contributed by atoms with Crippen LogP contribution in [0.4, 0.5) is 10.1 Å². The molecule has 0 spiro atoms. The van der Waals surface area contributed by atoms with Gasteiger partial charge in [0, 0.05) is 23.8 Å². The number of carbonyl (C=O) groups excluding carboxylic acids is 1. The number of aromatic carboxylic acids is 1. The third-order valence-corrected chi connectivity index (χ3v) is 7.05. The van der Waals surface area contributed by atoms with E-state index in [4.69, 9.17) is 0 Å². The summed E-state index contributed by atoms with van der Waals surface area (Å²) in [4.78, 5) is 28.2. The maximum absolute atomic E-state index is 13.7. The minimum absolute atomic E-state index is 0.0248. The number of amides is 1. The lowest BCUT2D eigenvalue weighted by Crippen LogP contribution is -2.45. The third-order valence-electron chi connectivity index (χ3n) is 6.02. The highest BCUT2D eigenvalue weighted by Crippen LogP contribution is 2.38. The van der Waals surface area contributed by atoms with E-state index in [0.717, 1.165) is 37.0 Å². The van der Waals surface area contributed by atoms with Crippen LogP contribution in [0.15, 0.2) is 18.0 Å². The van der Waals surface area contributed by atoms with Crippen LogP contribution >= 0.6 is 11.3 Å². The van der Waals surface area contributed by atoms with Gasteiger partial charge in [-0.1, -0.05) is 24.8 Å². The summed E-state index contributed by atoms with van der Waals surface area (Å²) in [5.74, 6) is 5.49. The summed E-state index contributed by atoms with van der Waals surface area (Å²) in [6.45, 7) is 8.19. The zero-order chi connectivity index (χ0) is 22.8. The lowest BCUT2D eigenvalue weighted by atomic mass is 9.81. The highest BCUT2D eigenvalue weighted by molar-refractivity contribution is 7.15. The van der Waals surface area contributed by atoms with E-state index in [1.165, 1.54) is 6.08 Å². The van der Waals surface area contributed by atoms with Crippen LogP contribution in [0.3, 0.4) is 0 Å². The Morgan fingerprint density at radius 1 is 1.19 bits per heavy atom. The summed E-state index contributed by atoms with van der Waals surface area (Å²) in [6, 6.07) is 1.51. The highest BCUT2D eigenvalue weighted by Gasteiger charge is 2.36. The van der Waals surface area contributed by atoms with Crippen LogP contribution in [0.2, 0.25) is 0 Å². The first-order chi connectivity index (χ1) is 14.5. The number of halogens is 1. The van der Waals surface area contributed by atoms with E-state index < -0.39 is 5.97 Å². The summed E-state index contributed by atoms with van der Waals surface area (Å²) in [5, 5.41) is 9.88. The van der Waals surface area contributed by atoms with Crippen molar-refractivity contribution in [3.63, 3.8) is 0 Å². The van der Waals surface area contributed by atoms with Crippen molar-refractivity contribution >= 4 is 28.9 Å². The maximum Gasteiger partial charge on any atom is 0.348 e. The van der Waals surface area contributed by atoms with Crippen LogP contribution in [0.1, 0.15) is 87.2 Å². The Hall–Kier alpha value is -2.13. The molecule has 1 aromatic rings. The van der Waals surface area contributed by atoms with Crippen LogP contribution in [0.25, 0.3) is 0 Å². The van der Waals surface area contributed by atoms with Gasteiger partial charge in [0.1, 0.15) is 4.88 Å². The Labute approximate surface area is 188 Å². The number of nitrogens with zero attached hydrogens (tertiary/aromatic N) is 1. The molecule has 4 nitrogen and oxygen atoms in total. The number of hydrogen-bond donors (Lipinski definition) is 1. The quantitative estimate of drug-likeness (QED) is 0.545. The van der Waals surface area contributed by atoms with E-state index in [2.05, 4.69) is 18.8 Å². The second kappa shape index (κ2) is 9.56. The summed E-state index contributed by atoms with van der Waals surface area (Å²) in [6.07, 6.45) is 6.34. The van der Waals surface area contributed by atoms with Gasteiger partial charge in [-0.3, -0.25) is 4.79 Å². The van der Waals surface area contributed by atoms with Crippen LogP contribution in [-0.4, -0.2) is 23.0 Å². The fourth-order valence-corrected chi connectivity index (χ4v) is 5.09. The molecule has 0 radical (unpaired) electrons. The summed E-state index contributed by atoms with van der Waals surface area (Å²) >= 11 is 1.11. The molecule has 1 fully saturated rings. The molecule has 3 rings (SSSR count). The smallest absolute Gasteiger partial charge is 0.348 e. The summed E-state index contributed by atoms with van der Waals surface area (Å²) in [7, 11) is 0. The molecule has 0 aromatic carbocycles. The van der Waals surface area contributed by atoms with Gasteiger partial charge in [0.25, 0.3) is 0 Å². The predicted octanol–water partition coefficient (Wildman–Crippen LogP) is 6.41. The number of carboxylic acid groups (broad SMARTS) is 1. The summed E-state index contributed by atoms with van der Waals surface area (Å²) < 4.78 is 13.7. The Morgan fingerprint density at radius 2 is 1.87 bits per heavy atom. The summed E-state index contributed by atoms with van der Waals surface area (Å²) in [5.41, 5.74) is 0.202. The molecule has 0 bridgehead atoms. The Kier molecular flexibility index (Phi) is 7.26. The van der Waals surface area contributed by atoms with Gasteiger partial charge in [-0.25, -0.2) is 9.18 Å². The second-order valence-electron chi connectivity index (χ2n) is 9.87. The molecular weight excluding hydrogens is 413 g/mol. The lowest BCUT2D eigenvalue weighted by molar-refractivity contribution is -0.124. The fraction of sp³-hybridized carbons (Fsp3) is 0.600. The fourth-order valence-electron chi connectivity index (χ4n) is 4.25. The van der Waals surface area contributed by atoms with Crippen LogP contribution in [0, 0.1) is 29.1 Å². The topological polar surface area (TPSA) is 57.6 Å². The van der Waals surface area contributed by atoms with E-state index in [0.29, 0.717) is 29.3 Å². The van der Waals surface area contributed by atoms with Gasteiger partial charge in [-0.2, -0.15) is 0 Å². The molecule has 1 unspecified atom stereocenters. The van der Waals surface area contributed by atoms with Gasteiger partial charge >= 0.3 is 5.97 Å². The van der Waals surface area contributed by atoms with Gasteiger partial charge in [0.2, 0.25) is 5.91 Å². The molecule has 1 aromatic heterocycles. The molecule has 0 saturated heterocycles. The molecular formula is C25H32FNO3S. The van der Waals surface area contributed by atoms with Gasteiger partial charge < -0.3 is 10.0 Å². The molecule has 168 valence electrons. The number of allylic oxidation sites excluding steroid dienone is 1. The minimum Gasteiger partial charge on any atom is -0.477 e. The van der Waals surface area contributed by atoms with Crippen LogP contribution in [-0.2, 0) is 4.79 Å². The number of hydrogen-bond acceptors (Lipinski definition) is 3. The largest absolute Gasteiger partial charge is 0.477 e. The molecule has 2 aliphatic rings. The van der Waals surface area contributed by atoms with E-state index in [-0.39, 0.29) is 40.4 Å².